The van der Waals surface area contributed by atoms with Crippen molar-refractivity contribution in [1.29, 1.82) is 0 Å². The summed E-state index contributed by atoms with van der Waals surface area (Å²) in [6.45, 7) is 5.88. The number of hydrogen-bond acceptors (Lipinski definition) is 2. The van der Waals surface area contributed by atoms with Crippen LogP contribution in [-0.4, -0.2) is 26.3 Å². The van der Waals surface area contributed by atoms with Gasteiger partial charge in [0.15, 0.2) is 0 Å². The van der Waals surface area contributed by atoms with Gasteiger partial charge in [-0.2, -0.15) is 0 Å². The predicted molar refractivity (Wildman–Crippen MR) is 47.9 cm³/mol. The van der Waals surface area contributed by atoms with Crippen molar-refractivity contribution >= 4 is 12.2 Å². The molecular formula is C7H17N3. The molecule has 10 heavy (non-hydrogen) atoms. The summed E-state index contributed by atoms with van der Waals surface area (Å²) in [6.07, 6.45) is 1.60. The third-order valence-electron chi connectivity index (χ3n) is 0.738. The lowest BCUT2D eigenvalue weighted by Crippen LogP contribution is -2.17. The summed E-state index contributed by atoms with van der Waals surface area (Å²) in [4.78, 5) is 7.55. The Morgan fingerprint density at radius 1 is 1.30 bits per heavy atom. The SMILES string of the molecule is CC.CN=CNC(C)=NC. The van der Waals surface area contributed by atoms with Crippen molar-refractivity contribution in [2.45, 2.75) is 20.8 Å². The molecule has 0 rings (SSSR count). The summed E-state index contributed by atoms with van der Waals surface area (Å²) in [5.41, 5.74) is 0. The first-order valence-corrected chi connectivity index (χ1v) is 3.41. The first-order valence-electron chi connectivity index (χ1n) is 3.41. The summed E-state index contributed by atoms with van der Waals surface area (Å²) in [5.74, 6) is 0.871. The summed E-state index contributed by atoms with van der Waals surface area (Å²) >= 11 is 0. The second-order valence-electron chi connectivity index (χ2n) is 1.34. The Labute approximate surface area is 63.3 Å². The molecule has 3 nitrogen and oxygen atoms in total. The largest absolute Gasteiger partial charge is 0.336 e. The molecule has 3 heteroatoms. The molecule has 0 aromatic heterocycles. The molecule has 0 aliphatic carbocycles. The standard InChI is InChI=1S/C5H11N3.C2H6/c1-5(7-3)8-4-6-2;1-2/h4H,1-3H3,(H,6,7,8);1-2H3. The van der Waals surface area contributed by atoms with Crippen LogP contribution in [0.5, 0.6) is 0 Å². The van der Waals surface area contributed by atoms with E-state index in [0.29, 0.717) is 0 Å². The molecule has 0 aliphatic rings. The number of nitrogens with zero attached hydrogens (tertiary/aromatic N) is 2. The van der Waals surface area contributed by atoms with Crippen molar-refractivity contribution in [1.82, 2.24) is 5.32 Å². The van der Waals surface area contributed by atoms with Gasteiger partial charge in [0.25, 0.3) is 0 Å². The molecule has 0 unspecified atom stereocenters. The maximum atomic E-state index is 3.84. The van der Waals surface area contributed by atoms with Gasteiger partial charge >= 0.3 is 0 Å². The fourth-order valence-electron chi connectivity index (χ4n) is 0.223. The van der Waals surface area contributed by atoms with Crippen molar-refractivity contribution in [3.8, 4) is 0 Å². The molecule has 0 heterocycles. The highest BCUT2D eigenvalue weighted by Gasteiger charge is 1.76. The highest BCUT2D eigenvalue weighted by Crippen LogP contribution is 1.62. The van der Waals surface area contributed by atoms with Crippen LogP contribution in [0.25, 0.3) is 0 Å². The molecule has 0 bridgehead atoms. The maximum Gasteiger partial charge on any atom is 0.0978 e. The van der Waals surface area contributed by atoms with E-state index in [1.54, 1.807) is 20.4 Å². The van der Waals surface area contributed by atoms with Gasteiger partial charge in [0.1, 0.15) is 0 Å². The van der Waals surface area contributed by atoms with E-state index in [-0.39, 0.29) is 0 Å². The van der Waals surface area contributed by atoms with E-state index >= 15 is 0 Å². The molecule has 0 aromatic rings. The molecule has 0 radical (unpaired) electrons. The van der Waals surface area contributed by atoms with Gasteiger partial charge in [-0.3, -0.25) is 9.98 Å². The van der Waals surface area contributed by atoms with Crippen LogP contribution in [0.3, 0.4) is 0 Å². The monoisotopic (exact) mass is 143 g/mol. The first-order chi connectivity index (χ1) is 4.81. The van der Waals surface area contributed by atoms with E-state index in [9.17, 15) is 0 Å². The van der Waals surface area contributed by atoms with Gasteiger partial charge in [0, 0.05) is 14.1 Å². The van der Waals surface area contributed by atoms with Gasteiger partial charge in [-0.25, -0.2) is 0 Å². The summed E-state index contributed by atoms with van der Waals surface area (Å²) in [7, 11) is 3.43. The summed E-state index contributed by atoms with van der Waals surface area (Å²) in [6, 6.07) is 0. The minimum absolute atomic E-state index is 0.871. The van der Waals surface area contributed by atoms with E-state index < -0.39 is 0 Å². The highest BCUT2D eigenvalue weighted by molar-refractivity contribution is 5.89. The fourth-order valence-corrected chi connectivity index (χ4v) is 0.223. The zero-order valence-electron chi connectivity index (χ0n) is 7.47. The van der Waals surface area contributed by atoms with Crippen LogP contribution in [0.2, 0.25) is 0 Å². The lowest BCUT2D eigenvalue weighted by molar-refractivity contribution is 1.27. The van der Waals surface area contributed by atoms with Crippen molar-refractivity contribution in [3.63, 3.8) is 0 Å². The van der Waals surface area contributed by atoms with Crippen LogP contribution in [0, 0.1) is 0 Å². The van der Waals surface area contributed by atoms with Crippen LogP contribution in [-0.2, 0) is 0 Å². The minimum atomic E-state index is 0.871. The zero-order chi connectivity index (χ0) is 8.41. The van der Waals surface area contributed by atoms with Crippen LogP contribution in [0.1, 0.15) is 20.8 Å². The van der Waals surface area contributed by atoms with Crippen molar-refractivity contribution in [2.75, 3.05) is 14.1 Å². The summed E-state index contributed by atoms with van der Waals surface area (Å²) in [5, 5.41) is 2.84. The molecule has 1 N–H and O–H groups in total. The zero-order valence-corrected chi connectivity index (χ0v) is 7.47. The molecule has 0 fully saturated rings. The molecule has 0 atom stereocenters. The van der Waals surface area contributed by atoms with E-state index in [1.807, 2.05) is 20.8 Å². The Kier molecular flexibility index (Phi) is 13.1. The Morgan fingerprint density at radius 2 is 1.80 bits per heavy atom. The molecule has 60 valence electrons. The smallest absolute Gasteiger partial charge is 0.0978 e. The normalized spacial score (nSPS) is 10.7. The Balaban J connectivity index is 0. The minimum Gasteiger partial charge on any atom is -0.336 e. The molecule has 0 amide bonds. The van der Waals surface area contributed by atoms with E-state index in [4.69, 9.17) is 0 Å². The Hall–Kier alpha value is -0.860. The van der Waals surface area contributed by atoms with Gasteiger partial charge in [-0.15, -0.1) is 0 Å². The number of nitrogens with one attached hydrogen (secondary N) is 1. The third kappa shape index (κ3) is 10.2. The van der Waals surface area contributed by atoms with Crippen LogP contribution < -0.4 is 5.32 Å². The third-order valence-corrected chi connectivity index (χ3v) is 0.738. The van der Waals surface area contributed by atoms with Gasteiger partial charge in [-0.05, 0) is 6.92 Å². The molecular weight excluding hydrogens is 126 g/mol. The topological polar surface area (TPSA) is 36.8 Å². The van der Waals surface area contributed by atoms with Gasteiger partial charge in [-0.1, -0.05) is 13.8 Å². The second-order valence-corrected chi connectivity index (χ2v) is 1.34. The average molecular weight is 143 g/mol. The molecule has 0 aromatic carbocycles. The van der Waals surface area contributed by atoms with Gasteiger partial charge < -0.3 is 5.32 Å². The number of rotatable bonds is 1. The van der Waals surface area contributed by atoms with Crippen molar-refractivity contribution < 1.29 is 0 Å². The Morgan fingerprint density at radius 3 is 2.10 bits per heavy atom. The van der Waals surface area contributed by atoms with Crippen LogP contribution >= 0.6 is 0 Å². The van der Waals surface area contributed by atoms with E-state index in [0.717, 1.165) is 5.84 Å². The van der Waals surface area contributed by atoms with Crippen molar-refractivity contribution in [3.05, 3.63) is 0 Å². The number of hydrogen-bond donors (Lipinski definition) is 1. The quantitative estimate of drug-likeness (QED) is 0.436. The highest BCUT2D eigenvalue weighted by atomic mass is 15.0. The van der Waals surface area contributed by atoms with Gasteiger partial charge in [0.2, 0.25) is 0 Å². The molecule has 0 saturated heterocycles. The van der Waals surface area contributed by atoms with E-state index in [2.05, 4.69) is 15.3 Å². The lowest BCUT2D eigenvalue weighted by Gasteiger charge is -1.92. The fraction of sp³-hybridized carbons (Fsp3) is 0.714. The van der Waals surface area contributed by atoms with Crippen LogP contribution in [0.15, 0.2) is 9.98 Å². The van der Waals surface area contributed by atoms with Gasteiger partial charge in [0.05, 0.1) is 12.2 Å². The van der Waals surface area contributed by atoms with E-state index in [1.165, 1.54) is 0 Å². The molecule has 0 aliphatic heterocycles. The number of aliphatic imine (C=N–C) groups is 2. The number of amidine groups is 1. The average Bonchev–Trinajstić information content (AvgIpc) is 2.04. The summed E-state index contributed by atoms with van der Waals surface area (Å²) < 4.78 is 0. The first kappa shape index (κ1) is 11.9. The molecule has 0 spiro atoms. The maximum absolute atomic E-state index is 3.84. The Bertz CT molecular complexity index is 105. The predicted octanol–water partition coefficient (Wildman–Crippen LogP) is 1.31. The second kappa shape index (κ2) is 11.0. The lowest BCUT2D eigenvalue weighted by atomic mass is 10.7. The molecule has 0 saturated carbocycles. The van der Waals surface area contributed by atoms with Crippen LogP contribution in [0.4, 0.5) is 0 Å². The van der Waals surface area contributed by atoms with Crippen molar-refractivity contribution in [2.24, 2.45) is 9.98 Å².